The third-order valence-corrected chi connectivity index (χ3v) is 7.56. The number of aromatic nitrogens is 11. The number of rotatable bonds is 7. The molecule has 0 saturated carbocycles. The van der Waals surface area contributed by atoms with Gasteiger partial charge in [-0.25, -0.2) is 14.3 Å². The molecule has 0 saturated heterocycles. The Morgan fingerprint density at radius 1 is 0.808 bits per heavy atom. The summed E-state index contributed by atoms with van der Waals surface area (Å²) in [5, 5.41) is 18.7. The average molecular weight is 709 g/mol. The Hall–Kier alpha value is -6.85. The van der Waals surface area contributed by atoms with Gasteiger partial charge in [-0.05, 0) is 37.3 Å². The molecule has 18 heteroatoms. The standard InChI is InChI=1S/C16H14N6O2.C14H14N2O4.C4H8N4/c1-3-14-19-16-18-12(7-15(24)22(16)20-14)10-4-5-13-11(6-10)8-17-21(13)9(2)23;1-3-20-14(19)7-13(18)10-4-5-12-11(6-10)8-15-16(12)9(2)17;1-2-3-6-4(5)8-7-3/h4-8H,3H2,1-2H3,(H,18,19,20);4-6,8H,3,7H2,1-2H3;2H2,1H3,(H3,5,6,7,8). The van der Waals surface area contributed by atoms with Crippen molar-refractivity contribution in [1.29, 1.82) is 0 Å². The number of fused-ring (bicyclic) bond motifs is 3. The van der Waals surface area contributed by atoms with Gasteiger partial charge in [-0.3, -0.25) is 34.2 Å². The Labute approximate surface area is 295 Å². The first-order chi connectivity index (χ1) is 24.9. The molecule has 0 aliphatic rings. The zero-order valence-corrected chi connectivity index (χ0v) is 29.1. The number of hydrogen-bond donors (Lipinski definition) is 3. The number of hydrogen-bond acceptors (Lipinski definition) is 13. The molecule has 0 amide bonds. The first-order valence-electron chi connectivity index (χ1n) is 16.2. The van der Waals surface area contributed by atoms with E-state index in [2.05, 4.69) is 40.4 Å². The van der Waals surface area contributed by atoms with Gasteiger partial charge in [-0.2, -0.15) is 24.7 Å². The Balaban J connectivity index is 0.000000168. The van der Waals surface area contributed by atoms with Crippen LogP contribution < -0.4 is 11.3 Å². The smallest absolute Gasteiger partial charge is 0.313 e. The number of ketones is 1. The minimum absolute atomic E-state index is 0.154. The number of aryl methyl sites for hydroxylation is 2. The van der Waals surface area contributed by atoms with Gasteiger partial charge in [-0.15, -0.1) is 5.10 Å². The first kappa shape index (κ1) is 36.4. The number of Topliss-reactive ketones (excluding diaryl/α,β-unsaturated/α-hetero) is 1. The maximum Gasteiger partial charge on any atom is 0.313 e. The zero-order valence-electron chi connectivity index (χ0n) is 29.1. The van der Waals surface area contributed by atoms with E-state index in [-0.39, 0.29) is 36.2 Å². The summed E-state index contributed by atoms with van der Waals surface area (Å²) in [5.41, 5.74) is 8.03. The van der Waals surface area contributed by atoms with E-state index in [9.17, 15) is 24.0 Å². The molecule has 18 nitrogen and oxygen atoms in total. The molecule has 5 aromatic heterocycles. The van der Waals surface area contributed by atoms with Crippen molar-refractivity contribution in [3.8, 4) is 11.3 Å². The van der Waals surface area contributed by atoms with Gasteiger partial charge >= 0.3 is 5.97 Å². The number of carbonyl (C=O) groups is 4. The summed E-state index contributed by atoms with van der Waals surface area (Å²) in [4.78, 5) is 70.9. The molecule has 0 radical (unpaired) electrons. The highest BCUT2D eigenvalue weighted by Crippen LogP contribution is 2.23. The third kappa shape index (κ3) is 8.12. The second-order valence-electron chi connectivity index (χ2n) is 11.2. The zero-order chi connectivity index (χ0) is 37.5. The van der Waals surface area contributed by atoms with Gasteiger partial charge < -0.3 is 10.5 Å². The molecular weight excluding hydrogens is 672 g/mol. The number of nitrogens with two attached hydrogens (primary N) is 1. The van der Waals surface area contributed by atoms with E-state index in [1.54, 1.807) is 37.4 Å². The van der Waals surface area contributed by atoms with Gasteiger partial charge in [-0.1, -0.05) is 19.9 Å². The molecular formula is C34H36N12O6. The summed E-state index contributed by atoms with van der Waals surface area (Å²) in [6, 6.07) is 11.8. The van der Waals surface area contributed by atoms with Crippen LogP contribution >= 0.6 is 0 Å². The lowest BCUT2D eigenvalue weighted by molar-refractivity contribution is -0.141. The topological polar surface area (TPSA) is 244 Å². The lowest BCUT2D eigenvalue weighted by Crippen LogP contribution is -2.14. The van der Waals surface area contributed by atoms with E-state index in [4.69, 9.17) is 10.5 Å². The number of esters is 1. The molecule has 52 heavy (non-hydrogen) atoms. The van der Waals surface area contributed by atoms with Crippen molar-refractivity contribution in [3.63, 3.8) is 0 Å². The lowest BCUT2D eigenvalue weighted by atomic mass is 10.1. The molecule has 0 bridgehead atoms. The molecule has 0 unspecified atom stereocenters. The van der Waals surface area contributed by atoms with Crippen molar-refractivity contribution in [2.24, 2.45) is 0 Å². The number of anilines is 1. The number of carbonyl (C=O) groups excluding carboxylic acids is 4. The summed E-state index contributed by atoms with van der Waals surface area (Å²) in [6.45, 7) is 8.73. The highest BCUT2D eigenvalue weighted by Gasteiger charge is 2.15. The Morgan fingerprint density at radius 2 is 1.44 bits per heavy atom. The van der Waals surface area contributed by atoms with Gasteiger partial charge in [0, 0.05) is 54.7 Å². The second kappa shape index (κ2) is 15.8. The van der Waals surface area contributed by atoms with Crippen molar-refractivity contribution >= 4 is 57.1 Å². The van der Waals surface area contributed by atoms with Crippen molar-refractivity contribution in [2.45, 2.75) is 53.9 Å². The van der Waals surface area contributed by atoms with E-state index in [0.29, 0.717) is 46.1 Å². The van der Waals surface area contributed by atoms with Crippen molar-refractivity contribution in [3.05, 3.63) is 82.4 Å². The highest BCUT2D eigenvalue weighted by atomic mass is 16.5. The minimum atomic E-state index is -0.544. The van der Waals surface area contributed by atoms with Crippen molar-refractivity contribution < 1.29 is 23.9 Å². The Kier molecular flexibility index (Phi) is 11.1. The quantitative estimate of drug-likeness (QED) is 0.122. The maximum atomic E-state index is 12.2. The fraction of sp³-hybridized carbons (Fsp3) is 0.265. The van der Waals surface area contributed by atoms with Gasteiger partial charge in [0.15, 0.2) is 5.78 Å². The van der Waals surface area contributed by atoms with Crippen LogP contribution in [0.1, 0.15) is 72.6 Å². The summed E-state index contributed by atoms with van der Waals surface area (Å²) in [7, 11) is 0. The van der Waals surface area contributed by atoms with E-state index in [1.807, 2.05) is 26.0 Å². The van der Waals surface area contributed by atoms with Crippen molar-refractivity contribution in [2.75, 3.05) is 12.3 Å². The molecule has 0 fully saturated rings. The summed E-state index contributed by atoms with van der Waals surface area (Å²) in [6.07, 6.45) is 4.38. The molecule has 268 valence electrons. The van der Waals surface area contributed by atoms with Crippen LogP contribution in [-0.4, -0.2) is 84.5 Å². The van der Waals surface area contributed by atoms with E-state index < -0.39 is 5.97 Å². The van der Waals surface area contributed by atoms with Crippen LogP contribution in [0.5, 0.6) is 0 Å². The van der Waals surface area contributed by atoms with Gasteiger partial charge in [0.1, 0.15) is 18.1 Å². The summed E-state index contributed by atoms with van der Waals surface area (Å²) < 4.78 is 8.66. The predicted molar refractivity (Wildman–Crippen MR) is 190 cm³/mol. The van der Waals surface area contributed by atoms with Crippen molar-refractivity contribution in [1.82, 2.24) is 54.3 Å². The number of nitrogens with zero attached hydrogens (tertiary/aromatic N) is 9. The number of ether oxygens (including phenoxy) is 1. The monoisotopic (exact) mass is 708 g/mol. The van der Waals surface area contributed by atoms with E-state index in [1.165, 1.54) is 40.0 Å². The van der Waals surface area contributed by atoms with Crippen LogP contribution in [0.4, 0.5) is 5.95 Å². The predicted octanol–water partition coefficient (Wildman–Crippen LogP) is 3.44. The minimum Gasteiger partial charge on any atom is -0.466 e. The molecule has 0 atom stereocenters. The second-order valence-corrected chi connectivity index (χ2v) is 11.2. The third-order valence-electron chi connectivity index (χ3n) is 7.56. The summed E-state index contributed by atoms with van der Waals surface area (Å²) in [5.74, 6) is 0.982. The van der Waals surface area contributed by atoms with E-state index >= 15 is 0 Å². The molecule has 0 spiro atoms. The highest BCUT2D eigenvalue weighted by molar-refractivity contribution is 6.07. The number of benzene rings is 2. The van der Waals surface area contributed by atoms with Crippen LogP contribution in [-0.2, 0) is 22.4 Å². The molecule has 2 aromatic carbocycles. The van der Waals surface area contributed by atoms with Crippen LogP contribution in [0, 0.1) is 0 Å². The fourth-order valence-corrected chi connectivity index (χ4v) is 5.04. The van der Waals surface area contributed by atoms with Crippen LogP contribution in [0.3, 0.4) is 0 Å². The van der Waals surface area contributed by atoms with Gasteiger partial charge in [0.05, 0.1) is 35.7 Å². The van der Waals surface area contributed by atoms with Crippen LogP contribution in [0.15, 0.2) is 59.7 Å². The number of nitrogen functional groups attached to an aromatic ring is 1. The molecule has 7 aromatic rings. The van der Waals surface area contributed by atoms with Gasteiger partial charge in [0.25, 0.3) is 11.3 Å². The van der Waals surface area contributed by atoms with Crippen LogP contribution in [0.25, 0.3) is 38.8 Å². The molecule has 7 rings (SSSR count). The molecule has 4 N–H and O–H groups in total. The molecule has 0 aliphatic heterocycles. The van der Waals surface area contributed by atoms with Crippen LogP contribution in [0.2, 0.25) is 0 Å². The Bertz CT molecular complexity index is 2480. The first-order valence-corrected chi connectivity index (χ1v) is 16.2. The SMILES string of the molecule is CCOC(=O)CC(=O)c1ccc2c(cnn2C(C)=O)c1.CCc1nc(N)n[nH]1.CCc1nc2nc(-c3ccc4c(cnn4C(C)=O)c3)cc(=O)n2[nH]1. The van der Waals surface area contributed by atoms with Gasteiger partial charge in [0.2, 0.25) is 17.8 Å². The normalized spacial score (nSPS) is 10.8. The summed E-state index contributed by atoms with van der Waals surface area (Å²) >= 11 is 0. The average Bonchev–Trinajstić information content (AvgIpc) is 3.93. The largest absolute Gasteiger partial charge is 0.466 e. The molecule has 5 heterocycles. The molecule has 0 aliphatic carbocycles. The fourth-order valence-electron chi connectivity index (χ4n) is 5.04. The Morgan fingerprint density at radius 3 is 2.00 bits per heavy atom. The van der Waals surface area contributed by atoms with E-state index in [0.717, 1.165) is 28.7 Å². The number of aromatic amines is 2. The maximum absolute atomic E-state index is 12.2. The lowest BCUT2D eigenvalue weighted by Gasteiger charge is -2.02. The number of nitrogens with one attached hydrogen (secondary N) is 2. The number of H-pyrrole nitrogens is 2.